The Bertz CT molecular complexity index is 999. The van der Waals surface area contributed by atoms with E-state index >= 15 is 0 Å². The zero-order chi connectivity index (χ0) is 26.7. The highest BCUT2D eigenvalue weighted by molar-refractivity contribution is 5.93. The van der Waals surface area contributed by atoms with E-state index < -0.39 is 0 Å². The molecule has 0 spiro atoms. The average molecular weight is 514 g/mol. The van der Waals surface area contributed by atoms with E-state index in [9.17, 15) is 4.79 Å². The predicted octanol–water partition coefficient (Wildman–Crippen LogP) is 9.31. The Kier molecular flexibility index (Phi) is 14.1. The van der Waals surface area contributed by atoms with Crippen molar-refractivity contribution in [3.8, 4) is 16.9 Å². The van der Waals surface area contributed by atoms with Gasteiger partial charge in [0.15, 0.2) is 5.69 Å². The zero-order valence-corrected chi connectivity index (χ0v) is 23.4. The lowest BCUT2D eigenvalue weighted by Crippen LogP contribution is -2.25. The van der Waals surface area contributed by atoms with E-state index in [1.165, 1.54) is 77.0 Å². The molecule has 0 atom stereocenters. The minimum Gasteiger partial charge on any atom is -0.351 e. The van der Waals surface area contributed by atoms with Gasteiger partial charge in [0.05, 0.1) is 11.4 Å². The van der Waals surface area contributed by atoms with Crippen molar-refractivity contribution in [3.63, 3.8) is 0 Å². The number of carbonyl (C=O) groups excluding carboxylic acids is 1. The molecule has 2 aromatic carbocycles. The molecule has 3 rings (SSSR count). The van der Waals surface area contributed by atoms with Gasteiger partial charge in [-0.15, -0.1) is 0 Å². The van der Waals surface area contributed by atoms with Crippen molar-refractivity contribution in [1.29, 1.82) is 0 Å². The van der Waals surface area contributed by atoms with Gasteiger partial charge in [-0.05, 0) is 50.3 Å². The van der Waals surface area contributed by atoms with Gasteiger partial charge < -0.3 is 5.32 Å². The Labute approximate surface area is 230 Å². The van der Waals surface area contributed by atoms with Crippen molar-refractivity contribution in [2.24, 2.45) is 0 Å². The number of rotatable bonds is 19. The minimum atomic E-state index is -0.107. The predicted molar refractivity (Wildman–Crippen MR) is 161 cm³/mol. The molecule has 38 heavy (non-hydrogen) atoms. The molecule has 0 aliphatic rings. The van der Waals surface area contributed by atoms with E-state index in [0.717, 1.165) is 29.8 Å². The molecule has 4 heteroatoms. The molecular weight excluding hydrogens is 466 g/mol. The molecule has 1 heterocycles. The Hall–Kier alpha value is -3.14. The maximum absolute atomic E-state index is 12.8. The molecule has 3 aromatic rings. The summed E-state index contributed by atoms with van der Waals surface area (Å²) >= 11 is 0. The SMILES string of the molecule is CCCCCCCC/C=C\CCCCCCCCNC(=O)c1cc(-c2ccccc2)n(-c2ccccc2)n1. The van der Waals surface area contributed by atoms with Gasteiger partial charge in [-0.25, -0.2) is 4.68 Å². The van der Waals surface area contributed by atoms with Crippen LogP contribution in [0.4, 0.5) is 0 Å². The summed E-state index contributed by atoms with van der Waals surface area (Å²) in [4.78, 5) is 12.8. The summed E-state index contributed by atoms with van der Waals surface area (Å²) in [5.74, 6) is -0.107. The van der Waals surface area contributed by atoms with Gasteiger partial charge in [0.1, 0.15) is 0 Å². The maximum atomic E-state index is 12.8. The van der Waals surface area contributed by atoms with Gasteiger partial charge in [-0.3, -0.25) is 4.79 Å². The fraction of sp³-hybridized carbons (Fsp3) is 0.471. The van der Waals surface area contributed by atoms with Crippen LogP contribution >= 0.6 is 0 Å². The van der Waals surface area contributed by atoms with E-state index in [0.29, 0.717) is 12.2 Å². The minimum absolute atomic E-state index is 0.107. The number of allylic oxidation sites excluding steroid dienone is 2. The Morgan fingerprint density at radius 1 is 0.737 bits per heavy atom. The lowest BCUT2D eigenvalue weighted by molar-refractivity contribution is 0.0947. The molecule has 0 bridgehead atoms. The zero-order valence-electron chi connectivity index (χ0n) is 23.4. The number of nitrogens with one attached hydrogen (secondary N) is 1. The van der Waals surface area contributed by atoms with Crippen LogP contribution in [0.1, 0.15) is 107 Å². The standard InChI is InChI=1S/C34H47N3O/c1-2-3-4-5-6-7-8-9-10-11-12-13-14-15-16-23-28-35-34(38)32-29-33(30-24-19-17-20-25-30)37(36-32)31-26-21-18-22-27-31/h9-10,17-22,24-27,29H,2-8,11-16,23,28H2,1H3,(H,35,38)/b10-9-. The molecule has 1 amide bonds. The monoisotopic (exact) mass is 513 g/mol. The molecule has 0 radical (unpaired) electrons. The maximum Gasteiger partial charge on any atom is 0.271 e. The first-order valence-electron chi connectivity index (χ1n) is 14.9. The number of benzene rings is 2. The van der Waals surface area contributed by atoms with Crippen molar-refractivity contribution >= 4 is 5.91 Å². The van der Waals surface area contributed by atoms with Gasteiger partial charge in [0, 0.05) is 12.1 Å². The fourth-order valence-electron chi connectivity index (χ4n) is 4.74. The molecule has 1 aromatic heterocycles. The van der Waals surface area contributed by atoms with E-state index in [4.69, 9.17) is 0 Å². The van der Waals surface area contributed by atoms with Crippen LogP contribution in [0.3, 0.4) is 0 Å². The lowest BCUT2D eigenvalue weighted by atomic mass is 10.1. The second-order valence-electron chi connectivity index (χ2n) is 10.2. The van der Waals surface area contributed by atoms with E-state index in [-0.39, 0.29) is 5.91 Å². The van der Waals surface area contributed by atoms with Crippen LogP contribution in [0.5, 0.6) is 0 Å². The second kappa shape index (κ2) is 18.2. The summed E-state index contributed by atoms with van der Waals surface area (Å²) in [5, 5.41) is 7.72. The highest BCUT2D eigenvalue weighted by atomic mass is 16.1. The molecule has 0 fully saturated rings. The van der Waals surface area contributed by atoms with Crippen LogP contribution in [0.15, 0.2) is 78.9 Å². The van der Waals surface area contributed by atoms with Crippen LogP contribution in [0.25, 0.3) is 16.9 Å². The van der Waals surface area contributed by atoms with Crippen LogP contribution in [-0.2, 0) is 0 Å². The van der Waals surface area contributed by atoms with Gasteiger partial charge in [0.25, 0.3) is 5.91 Å². The number of hydrogen-bond acceptors (Lipinski definition) is 2. The van der Waals surface area contributed by atoms with E-state index in [2.05, 4.69) is 29.5 Å². The molecule has 0 saturated carbocycles. The number of unbranched alkanes of at least 4 members (excludes halogenated alkanes) is 12. The fourth-order valence-corrected chi connectivity index (χ4v) is 4.74. The Morgan fingerprint density at radius 2 is 1.29 bits per heavy atom. The van der Waals surface area contributed by atoms with Crippen LogP contribution in [-0.4, -0.2) is 22.2 Å². The highest BCUT2D eigenvalue weighted by Crippen LogP contribution is 2.24. The van der Waals surface area contributed by atoms with E-state index in [1.807, 2.05) is 71.4 Å². The summed E-state index contributed by atoms with van der Waals surface area (Å²) in [6.45, 7) is 2.97. The Morgan fingerprint density at radius 3 is 1.92 bits per heavy atom. The van der Waals surface area contributed by atoms with Crippen molar-refractivity contribution < 1.29 is 4.79 Å². The lowest BCUT2D eigenvalue weighted by Gasteiger charge is -2.07. The third-order valence-electron chi connectivity index (χ3n) is 6.99. The van der Waals surface area contributed by atoms with Crippen molar-refractivity contribution in [2.75, 3.05) is 6.54 Å². The first kappa shape index (κ1) is 29.4. The number of nitrogens with zero attached hydrogens (tertiary/aromatic N) is 2. The highest BCUT2D eigenvalue weighted by Gasteiger charge is 2.16. The summed E-state index contributed by atoms with van der Waals surface area (Å²) in [7, 11) is 0. The van der Waals surface area contributed by atoms with Crippen LogP contribution in [0.2, 0.25) is 0 Å². The first-order valence-corrected chi connectivity index (χ1v) is 14.9. The molecule has 0 aliphatic heterocycles. The quantitative estimate of drug-likeness (QED) is 0.128. The summed E-state index contributed by atoms with van der Waals surface area (Å²) in [5.41, 5.74) is 3.35. The van der Waals surface area contributed by atoms with Crippen LogP contribution in [0, 0.1) is 0 Å². The van der Waals surface area contributed by atoms with Crippen molar-refractivity contribution in [1.82, 2.24) is 15.1 Å². The summed E-state index contributed by atoms with van der Waals surface area (Å²) in [6.07, 6.45) is 22.7. The largest absolute Gasteiger partial charge is 0.351 e. The molecule has 204 valence electrons. The number of amides is 1. The molecular formula is C34H47N3O. The van der Waals surface area contributed by atoms with Gasteiger partial charge >= 0.3 is 0 Å². The molecule has 0 unspecified atom stereocenters. The molecule has 0 saturated heterocycles. The normalized spacial score (nSPS) is 11.3. The van der Waals surface area contributed by atoms with Crippen LogP contribution < -0.4 is 5.32 Å². The molecule has 4 nitrogen and oxygen atoms in total. The van der Waals surface area contributed by atoms with Gasteiger partial charge in [0.2, 0.25) is 0 Å². The third-order valence-corrected chi connectivity index (χ3v) is 6.99. The van der Waals surface area contributed by atoms with Crippen molar-refractivity contribution in [2.45, 2.75) is 96.8 Å². The summed E-state index contributed by atoms with van der Waals surface area (Å²) in [6, 6.07) is 22.0. The molecule has 0 aliphatic carbocycles. The number of hydrogen-bond donors (Lipinski definition) is 1. The smallest absolute Gasteiger partial charge is 0.271 e. The second-order valence-corrected chi connectivity index (χ2v) is 10.2. The topological polar surface area (TPSA) is 46.9 Å². The third kappa shape index (κ3) is 10.7. The summed E-state index contributed by atoms with van der Waals surface area (Å²) < 4.78 is 1.86. The van der Waals surface area contributed by atoms with Crippen molar-refractivity contribution in [3.05, 3.63) is 84.6 Å². The molecule has 1 N–H and O–H groups in total. The number of para-hydroxylation sites is 1. The average Bonchev–Trinajstić information content (AvgIpc) is 3.41. The number of carbonyl (C=O) groups is 1. The number of aromatic nitrogens is 2. The Balaban J connectivity index is 1.29. The van der Waals surface area contributed by atoms with Gasteiger partial charge in [-0.1, -0.05) is 125 Å². The van der Waals surface area contributed by atoms with E-state index in [1.54, 1.807) is 0 Å². The van der Waals surface area contributed by atoms with Gasteiger partial charge in [-0.2, -0.15) is 5.10 Å². The first-order chi connectivity index (χ1) is 18.8.